The summed E-state index contributed by atoms with van der Waals surface area (Å²) in [6.45, 7) is -0.0848. The van der Waals surface area contributed by atoms with Crippen LogP contribution < -0.4 is 15.6 Å². The van der Waals surface area contributed by atoms with Crippen LogP contribution in [0.1, 0.15) is 0 Å². The number of aromatic nitrogens is 1. The Bertz CT molecular complexity index is 966. The first kappa shape index (κ1) is 16.1. The van der Waals surface area contributed by atoms with Crippen LogP contribution >= 0.6 is 11.6 Å². The molecule has 0 bridgehead atoms. The number of nitrogens with one attached hydrogen (secondary N) is 1. The Hall–Kier alpha value is -2.79. The van der Waals surface area contributed by atoms with Gasteiger partial charge in [0.05, 0.1) is 12.5 Å². The summed E-state index contributed by atoms with van der Waals surface area (Å²) in [6, 6.07) is 13.9. The van der Waals surface area contributed by atoms with Crippen LogP contribution in [0, 0.1) is 0 Å². The molecule has 1 aromatic heterocycles. The van der Waals surface area contributed by atoms with Crippen molar-refractivity contribution in [1.29, 1.82) is 0 Å². The molecule has 0 aliphatic heterocycles. The van der Waals surface area contributed by atoms with E-state index in [4.69, 9.17) is 16.3 Å². The number of pyridine rings is 1. The minimum Gasteiger partial charge on any atom is -0.496 e. The summed E-state index contributed by atoms with van der Waals surface area (Å²) in [5.74, 6) is 0.321. The smallest absolute Gasteiger partial charge is 0.259 e. The van der Waals surface area contributed by atoms with Crippen molar-refractivity contribution in [2.75, 3.05) is 12.4 Å². The molecule has 3 aromatic rings. The van der Waals surface area contributed by atoms with Gasteiger partial charge in [-0.05, 0) is 36.4 Å². The zero-order chi connectivity index (χ0) is 17.1. The lowest BCUT2D eigenvalue weighted by molar-refractivity contribution is -0.116. The van der Waals surface area contributed by atoms with Crippen molar-refractivity contribution in [2.24, 2.45) is 0 Å². The number of carbonyl (C=O) groups excluding carboxylic acids is 1. The van der Waals surface area contributed by atoms with Crippen molar-refractivity contribution in [2.45, 2.75) is 6.54 Å². The third kappa shape index (κ3) is 3.26. The van der Waals surface area contributed by atoms with E-state index in [9.17, 15) is 9.59 Å². The lowest BCUT2D eigenvalue weighted by Crippen LogP contribution is -2.27. The molecule has 0 aliphatic rings. The zero-order valence-corrected chi connectivity index (χ0v) is 13.7. The molecule has 0 atom stereocenters. The highest BCUT2D eigenvalue weighted by Gasteiger charge is 2.10. The van der Waals surface area contributed by atoms with E-state index in [0.717, 1.165) is 5.39 Å². The number of ether oxygens (including phenoxy) is 1. The molecule has 0 radical (unpaired) electrons. The molecule has 6 heteroatoms. The second kappa shape index (κ2) is 6.76. The molecule has 0 unspecified atom stereocenters. The summed E-state index contributed by atoms with van der Waals surface area (Å²) >= 11 is 5.89. The topological polar surface area (TPSA) is 60.3 Å². The maximum Gasteiger partial charge on any atom is 0.259 e. The Morgan fingerprint density at radius 1 is 1.17 bits per heavy atom. The van der Waals surface area contributed by atoms with Gasteiger partial charge in [-0.15, -0.1) is 0 Å². The van der Waals surface area contributed by atoms with Crippen LogP contribution in [-0.2, 0) is 11.3 Å². The number of amides is 1. The quantitative estimate of drug-likeness (QED) is 0.791. The number of carbonyl (C=O) groups is 1. The summed E-state index contributed by atoms with van der Waals surface area (Å²) in [6.07, 6.45) is 1.59. The fourth-order valence-corrected chi connectivity index (χ4v) is 2.70. The van der Waals surface area contributed by atoms with Gasteiger partial charge in [0.25, 0.3) is 5.56 Å². The van der Waals surface area contributed by atoms with Gasteiger partial charge in [-0.25, -0.2) is 0 Å². The number of halogens is 1. The predicted molar refractivity (Wildman–Crippen MR) is 94.8 cm³/mol. The standard InChI is InChI=1S/C18H15ClN2O3/c1-24-16-7-3-6-15-14(16)8-9-21(18(15)23)11-17(22)20-13-5-2-4-12(19)10-13/h2-10H,11H2,1H3,(H,20,22). The number of anilines is 1. The molecule has 1 heterocycles. The van der Waals surface area contributed by atoms with Gasteiger partial charge < -0.3 is 14.6 Å². The first-order valence-electron chi connectivity index (χ1n) is 7.30. The van der Waals surface area contributed by atoms with Gasteiger partial charge >= 0.3 is 0 Å². The summed E-state index contributed by atoms with van der Waals surface area (Å²) in [7, 11) is 1.55. The fourth-order valence-electron chi connectivity index (χ4n) is 2.51. The maximum absolute atomic E-state index is 12.5. The molecule has 1 amide bonds. The first-order valence-corrected chi connectivity index (χ1v) is 7.68. The Kier molecular flexibility index (Phi) is 4.53. The predicted octanol–water partition coefficient (Wildman–Crippen LogP) is 3.30. The number of rotatable bonds is 4. The molecule has 122 valence electrons. The number of hydrogen-bond donors (Lipinski definition) is 1. The van der Waals surface area contributed by atoms with Gasteiger partial charge in [-0.1, -0.05) is 23.7 Å². The summed E-state index contributed by atoms with van der Waals surface area (Å²) in [5.41, 5.74) is 0.343. The molecule has 0 aliphatic carbocycles. The number of fused-ring (bicyclic) bond motifs is 1. The van der Waals surface area contributed by atoms with E-state index in [1.54, 1.807) is 61.8 Å². The molecule has 5 nitrogen and oxygen atoms in total. The highest BCUT2D eigenvalue weighted by Crippen LogP contribution is 2.22. The lowest BCUT2D eigenvalue weighted by Gasteiger charge is -2.10. The molecule has 24 heavy (non-hydrogen) atoms. The minimum atomic E-state index is -0.304. The second-order valence-electron chi connectivity index (χ2n) is 5.23. The SMILES string of the molecule is COc1cccc2c(=O)n(CC(=O)Nc3cccc(Cl)c3)ccc12. The number of benzene rings is 2. The molecular weight excluding hydrogens is 328 g/mol. The van der Waals surface area contributed by atoms with E-state index >= 15 is 0 Å². The Morgan fingerprint density at radius 2 is 1.96 bits per heavy atom. The Morgan fingerprint density at radius 3 is 2.71 bits per heavy atom. The highest BCUT2D eigenvalue weighted by atomic mass is 35.5. The normalized spacial score (nSPS) is 10.6. The van der Waals surface area contributed by atoms with Crippen LogP contribution in [0.2, 0.25) is 5.02 Å². The van der Waals surface area contributed by atoms with E-state index in [-0.39, 0.29) is 18.0 Å². The molecular formula is C18H15ClN2O3. The van der Waals surface area contributed by atoms with Crippen molar-refractivity contribution in [3.8, 4) is 5.75 Å². The van der Waals surface area contributed by atoms with E-state index in [1.807, 2.05) is 0 Å². The van der Waals surface area contributed by atoms with Crippen molar-refractivity contribution < 1.29 is 9.53 Å². The average molecular weight is 343 g/mol. The lowest BCUT2D eigenvalue weighted by atomic mass is 10.1. The van der Waals surface area contributed by atoms with Gasteiger partial charge in [0, 0.05) is 22.3 Å². The molecule has 0 fully saturated rings. The first-order chi connectivity index (χ1) is 11.6. The van der Waals surface area contributed by atoms with Gasteiger partial charge in [0.2, 0.25) is 5.91 Å². The van der Waals surface area contributed by atoms with E-state index in [0.29, 0.717) is 21.8 Å². The van der Waals surface area contributed by atoms with Crippen LogP contribution in [0.15, 0.2) is 59.5 Å². The van der Waals surface area contributed by atoms with Gasteiger partial charge in [-0.3, -0.25) is 9.59 Å². The molecule has 0 saturated heterocycles. The van der Waals surface area contributed by atoms with Crippen LogP contribution in [0.5, 0.6) is 5.75 Å². The highest BCUT2D eigenvalue weighted by molar-refractivity contribution is 6.30. The molecule has 0 saturated carbocycles. The number of hydrogen-bond acceptors (Lipinski definition) is 3. The van der Waals surface area contributed by atoms with Crippen LogP contribution in [-0.4, -0.2) is 17.6 Å². The second-order valence-corrected chi connectivity index (χ2v) is 5.67. The molecule has 3 rings (SSSR count). The van der Waals surface area contributed by atoms with E-state index in [2.05, 4.69) is 5.32 Å². The monoisotopic (exact) mass is 342 g/mol. The molecule has 1 N–H and O–H groups in total. The van der Waals surface area contributed by atoms with E-state index < -0.39 is 0 Å². The Balaban J connectivity index is 1.86. The van der Waals surface area contributed by atoms with Crippen molar-refractivity contribution in [1.82, 2.24) is 4.57 Å². The minimum absolute atomic E-state index is 0.0848. The molecule has 2 aromatic carbocycles. The third-order valence-electron chi connectivity index (χ3n) is 3.62. The maximum atomic E-state index is 12.5. The number of methoxy groups -OCH3 is 1. The average Bonchev–Trinajstić information content (AvgIpc) is 2.57. The fraction of sp³-hybridized carbons (Fsp3) is 0.111. The summed E-state index contributed by atoms with van der Waals surface area (Å²) in [5, 5.41) is 4.48. The largest absolute Gasteiger partial charge is 0.496 e. The van der Waals surface area contributed by atoms with Crippen molar-refractivity contribution >= 4 is 34.0 Å². The third-order valence-corrected chi connectivity index (χ3v) is 3.86. The Labute approximate surface area is 143 Å². The molecule has 0 spiro atoms. The summed E-state index contributed by atoms with van der Waals surface area (Å²) < 4.78 is 6.62. The van der Waals surface area contributed by atoms with Crippen LogP contribution in [0.4, 0.5) is 5.69 Å². The summed E-state index contributed by atoms with van der Waals surface area (Å²) in [4.78, 5) is 24.7. The van der Waals surface area contributed by atoms with Gasteiger partial charge in [0.1, 0.15) is 12.3 Å². The van der Waals surface area contributed by atoms with Gasteiger partial charge in [-0.2, -0.15) is 0 Å². The van der Waals surface area contributed by atoms with E-state index in [1.165, 1.54) is 4.57 Å². The van der Waals surface area contributed by atoms with Crippen molar-refractivity contribution in [3.05, 3.63) is 70.1 Å². The van der Waals surface area contributed by atoms with Crippen LogP contribution in [0.25, 0.3) is 10.8 Å². The van der Waals surface area contributed by atoms with Crippen molar-refractivity contribution in [3.63, 3.8) is 0 Å². The number of nitrogens with zero attached hydrogens (tertiary/aromatic N) is 1. The zero-order valence-electron chi connectivity index (χ0n) is 13.0. The van der Waals surface area contributed by atoms with Gasteiger partial charge in [0.15, 0.2) is 0 Å². The van der Waals surface area contributed by atoms with Crippen LogP contribution in [0.3, 0.4) is 0 Å².